The Hall–Kier alpha value is -1.47. The quantitative estimate of drug-likeness (QED) is 0.800. The van der Waals surface area contributed by atoms with E-state index in [0.29, 0.717) is 25.1 Å². The summed E-state index contributed by atoms with van der Waals surface area (Å²) in [7, 11) is 0. The van der Waals surface area contributed by atoms with E-state index in [9.17, 15) is 8.78 Å². The molecule has 0 aromatic heterocycles. The average Bonchev–Trinajstić information content (AvgIpc) is 2.27. The number of nitrogens with one attached hydrogen (secondary N) is 1. The molecule has 0 fully saturated rings. The second-order valence-electron chi connectivity index (χ2n) is 4.66. The van der Waals surface area contributed by atoms with Crippen LogP contribution in [-0.4, -0.2) is 6.54 Å². The molecule has 0 saturated carbocycles. The maximum atomic E-state index is 13.2. The van der Waals surface area contributed by atoms with Crippen LogP contribution in [0.1, 0.15) is 25.8 Å². The summed E-state index contributed by atoms with van der Waals surface area (Å²) in [6.45, 7) is 4.67. The van der Waals surface area contributed by atoms with Crippen molar-refractivity contribution in [2.24, 2.45) is 5.41 Å². The minimum Gasteiger partial charge on any atom is -0.313 e. The third kappa shape index (κ3) is 4.49. The highest BCUT2D eigenvalue weighted by molar-refractivity contribution is 5.18. The van der Waals surface area contributed by atoms with Crippen molar-refractivity contribution in [3.05, 3.63) is 35.4 Å². The molecular weight excluding hydrogens is 222 g/mol. The lowest BCUT2D eigenvalue weighted by molar-refractivity contribution is 0.430. The predicted molar refractivity (Wildman–Crippen MR) is 62.1 cm³/mol. The maximum absolute atomic E-state index is 13.2. The van der Waals surface area contributed by atoms with E-state index in [2.05, 4.69) is 11.4 Å². The van der Waals surface area contributed by atoms with Gasteiger partial charge in [0.2, 0.25) is 0 Å². The van der Waals surface area contributed by atoms with Crippen LogP contribution < -0.4 is 5.32 Å². The van der Waals surface area contributed by atoms with Crippen LogP contribution >= 0.6 is 0 Å². The Balaban J connectivity index is 2.39. The monoisotopic (exact) mass is 238 g/mol. The van der Waals surface area contributed by atoms with Gasteiger partial charge in [0.1, 0.15) is 11.6 Å². The minimum atomic E-state index is -0.572. The van der Waals surface area contributed by atoms with Crippen LogP contribution in [0.15, 0.2) is 18.2 Å². The van der Waals surface area contributed by atoms with Crippen LogP contribution in [0.5, 0.6) is 0 Å². The van der Waals surface area contributed by atoms with Crippen LogP contribution in [0.25, 0.3) is 0 Å². The summed E-state index contributed by atoms with van der Waals surface area (Å²) in [5.41, 5.74) is 0.0510. The number of rotatable bonds is 5. The molecule has 0 aliphatic rings. The largest absolute Gasteiger partial charge is 0.313 e. The van der Waals surface area contributed by atoms with Gasteiger partial charge in [-0.2, -0.15) is 5.26 Å². The van der Waals surface area contributed by atoms with Gasteiger partial charge in [-0.1, -0.05) is 6.07 Å². The van der Waals surface area contributed by atoms with Crippen LogP contribution in [0.2, 0.25) is 0 Å². The first-order chi connectivity index (χ1) is 7.94. The summed E-state index contributed by atoms with van der Waals surface area (Å²) in [6, 6.07) is 5.73. The molecule has 0 amide bonds. The lowest BCUT2D eigenvalue weighted by atomic mass is 9.91. The molecule has 0 aliphatic carbocycles. The molecule has 0 atom stereocenters. The van der Waals surface area contributed by atoms with Crippen LogP contribution in [0.4, 0.5) is 8.78 Å². The zero-order valence-electron chi connectivity index (χ0n) is 10.1. The van der Waals surface area contributed by atoms with Crippen molar-refractivity contribution in [1.29, 1.82) is 5.26 Å². The molecule has 0 bridgehead atoms. The van der Waals surface area contributed by atoms with Crippen molar-refractivity contribution in [3.8, 4) is 6.07 Å². The Morgan fingerprint density at radius 1 is 1.35 bits per heavy atom. The van der Waals surface area contributed by atoms with Crippen LogP contribution in [0, 0.1) is 28.4 Å². The molecular formula is C13H16F2N2. The Morgan fingerprint density at radius 2 is 2.06 bits per heavy atom. The molecule has 0 heterocycles. The molecule has 4 heteroatoms. The first-order valence-corrected chi connectivity index (χ1v) is 5.50. The van der Waals surface area contributed by atoms with E-state index in [1.807, 2.05) is 13.8 Å². The molecule has 17 heavy (non-hydrogen) atoms. The lowest BCUT2D eigenvalue weighted by Crippen LogP contribution is -2.21. The van der Waals surface area contributed by atoms with Crippen molar-refractivity contribution < 1.29 is 8.78 Å². The molecule has 92 valence electrons. The van der Waals surface area contributed by atoms with E-state index >= 15 is 0 Å². The molecule has 2 nitrogen and oxygen atoms in total. The van der Waals surface area contributed by atoms with Gasteiger partial charge < -0.3 is 5.32 Å². The molecule has 0 saturated heterocycles. The molecule has 1 rings (SSSR count). The summed E-state index contributed by atoms with van der Waals surface area (Å²) in [6.07, 6.45) is 0.687. The lowest BCUT2D eigenvalue weighted by Gasteiger charge is -2.15. The van der Waals surface area contributed by atoms with Gasteiger partial charge in [-0.05, 0) is 32.9 Å². The first kappa shape index (κ1) is 13.6. The minimum absolute atomic E-state index is 0.341. The van der Waals surface area contributed by atoms with Gasteiger partial charge in [-0.15, -0.1) is 0 Å². The van der Waals surface area contributed by atoms with Gasteiger partial charge in [-0.25, -0.2) is 8.78 Å². The maximum Gasteiger partial charge on any atom is 0.130 e. The summed E-state index contributed by atoms with van der Waals surface area (Å²) < 4.78 is 25.9. The van der Waals surface area contributed by atoms with Gasteiger partial charge in [0, 0.05) is 18.2 Å². The number of hydrogen-bond donors (Lipinski definition) is 1. The van der Waals surface area contributed by atoms with E-state index in [1.54, 1.807) is 0 Å². The second-order valence-corrected chi connectivity index (χ2v) is 4.66. The normalized spacial score (nSPS) is 11.2. The third-order valence-corrected chi connectivity index (χ3v) is 2.56. The topological polar surface area (TPSA) is 35.8 Å². The van der Waals surface area contributed by atoms with Crippen LogP contribution in [0.3, 0.4) is 0 Å². The van der Waals surface area contributed by atoms with Crippen molar-refractivity contribution in [2.75, 3.05) is 6.54 Å². The van der Waals surface area contributed by atoms with Crippen molar-refractivity contribution in [3.63, 3.8) is 0 Å². The fraction of sp³-hybridized carbons (Fsp3) is 0.462. The molecule has 0 spiro atoms. The smallest absolute Gasteiger partial charge is 0.130 e. The van der Waals surface area contributed by atoms with Crippen molar-refractivity contribution >= 4 is 0 Å². The highest BCUT2D eigenvalue weighted by Gasteiger charge is 2.15. The fourth-order valence-corrected chi connectivity index (χ4v) is 1.34. The molecule has 0 radical (unpaired) electrons. The Kier molecular flexibility index (Phi) is 4.59. The molecule has 1 aromatic rings. The van der Waals surface area contributed by atoms with E-state index in [4.69, 9.17) is 5.26 Å². The third-order valence-electron chi connectivity index (χ3n) is 2.56. The van der Waals surface area contributed by atoms with Gasteiger partial charge in [-0.3, -0.25) is 0 Å². The predicted octanol–water partition coefficient (Wildman–Crippen LogP) is 2.99. The van der Waals surface area contributed by atoms with Crippen molar-refractivity contribution in [1.82, 2.24) is 5.32 Å². The van der Waals surface area contributed by atoms with E-state index in [0.717, 1.165) is 6.07 Å². The highest BCUT2D eigenvalue weighted by atomic mass is 19.1. The Labute approximate surface area is 100 Å². The number of halogens is 2. The zero-order valence-corrected chi connectivity index (χ0v) is 10.1. The summed E-state index contributed by atoms with van der Waals surface area (Å²) in [5, 5.41) is 11.8. The van der Waals surface area contributed by atoms with E-state index < -0.39 is 11.6 Å². The van der Waals surface area contributed by atoms with Gasteiger partial charge >= 0.3 is 0 Å². The van der Waals surface area contributed by atoms with E-state index in [1.165, 1.54) is 12.1 Å². The molecule has 1 aromatic carbocycles. The molecule has 0 aliphatic heterocycles. The zero-order chi connectivity index (χ0) is 12.9. The average molecular weight is 238 g/mol. The fourth-order valence-electron chi connectivity index (χ4n) is 1.34. The SMILES string of the molecule is CC(C)(C#N)CCNCc1ccc(F)cc1F. The summed E-state index contributed by atoms with van der Waals surface area (Å²) >= 11 is 0. The van der Waals surface area contributed by atoms with Gasteiger partial charge in [0.05, 0.1) is 11.5 Å². The van der Waals surface area contributed by atoms with Crippen molar-refractivity contribution in [2.45, 2.75) is 26.8 Å². The Bertz CT molecular complexity index is 422. The molecule has 1 N–H and O–H groups in total. The van der Waals surface area contributed by atoms with Gasteiger partial charge in [0.25, 0.3) is 0 Å². The second kappa shape index (κ2) is 5.74. The number of nitriles is 1. The highest BCUT2D eigenvalue weighted by Crippen LogP contribution is 2.17. The number of nitrogens with zero attached hydrogens (tertiary/aromatic N) is 1. The molecule has 0 unspecified atom stereocenters. The summed E-state index contributed by atoms with van der Waals surface area (Å²) in [5.74, 6) is -1.12. The van der Waals surface area contributed by atoms with E-state index in [-0.39, 0.29) is 5.41 Å². The van der Waals surface area contributed by atoms with Gasteiger partial charge in [0.15, 0.2) is 0 Å². The first-order valence-electron chi connectivity index (χ1n) is 5.50. The summed E-state index contributed by atoms with van der Waals surface area (Å²) in [4.78, 5) is 0. The van der Waals surface area contributed by atoms with Crippen LogP contribution in [-0.2, 0) is 6.54 Å². The Morgan fingerprint density at radius 3 is 2.65 bits per heavy atom. The standard InChI is InChI=1S/C13H16F2N2/c1-13(2,9-16)5-6-17-8-10-3-4-11(14)7-12(10)15/h3-4,7,17H,5-6,8H2,1-2H3. The number of hydrogen-bond acceptors (Lipinski definition) is 2. The number of benzene rings is 1.